The number of rotatable bonds is 6. The first-order chi connectivity index (χ1) is 8.85. The first-order valence-electron chi connectivity index (χ1n) is 7.32. The molecule has 0 radical (unpaired) electrons. The van der Waals surface area contributed by atoms with Gasteiger partial charge >= 0.3 is 0 Å². The highest BCUT2D eigenvalue weighted by atomic mass is 15.3. The van der Waals surface area contributed by atoms with Gasteiger partial charge in [0.15, 0.2) is 0 Å². The van der Waals surface area contributed by atoms with Gasteiger partial charge in [0.1, 0.15) is 5.82 Å². The predicted octanol–water partition coefficient (Wildman–Crippen LogP) is 2.77. The van der Waals surface area contributed by atoms with E-state index in [4.69, 9.17) is 5.84 Å². The van der Waals surface area contributed by atoms with Crippen LogP contribution in [0.1, 0.15) is 63.7 Å². The third-order valence-electron chi connectivity index (χ3n) is 4.19. The van der Waals surface area contributed by atoms with Crippen molar-refractivity contribution >= 4 is 0 Å². The van der Waals surface area contributed by atoms with Crippen LogP contribution in [-0.2, 0) is 6.54 Å². The van der Waals surface area contributed by atoms with Crippen LogP contribution < -0.4 is 11.3 Å². The maximum absolute atomic E-state index is 5.70. The van der Waals surface area contributed by atoms with Crippen molar-refractivity contribution in [2.24, 2.45) is 11.8 Å². The largest absolute Gasteiger partial charge is 0.334 e. The SMILES string of the molecule is CCn1ccnc1C(CCC1CCCCC1)NN. The number of hydrazine groups is 1. The summed E-state index contributed by atoms with van der Waals surface area (Å²) >= 11 is 0. The van der Waals surface area contributed by atoms with Crippen molar-refractivity contribution in [3.8, 4) is 0 Å². The summed E-state index contributed by atoms with van der Waals surface area (Å²) in [5, 5.41) is 0. The van der Waals surface area contributed by atoms with Crippen LogP contribution in [0.4, 0.5) is 0 Å². The molecule has 0 aliphatic heterocycles. The third-order valence-corrected chi connectivity index (χ3v) is 4.19. The lowest BCUT2D eigenvalue weighted by Crippen LogP contribution is -2.30. The topological polar surface area (TPSA) is 55.9 Å². The summed E-state index contributed by atoms with van der Waals surface area (Å²) in [6.07, 6.45) is 13.3. The van der Waals surface area contributed by atoms with E-state index >= 15 is 0 Å². The van der Waals surface area contributed by atoms with E-state index < -0.39 is 0 Å². The van der Waals surface area contributed by atoms with Gasteiger partial charge in [0.05, 0.1) is 6.04 Å². The normalized spacial score (nSPS) is 19.0. The number of nitrogens with two attached hydrogens (primary N) is 1. The van der Waals surface area contributed by atoms with E-state index in [9.17, 15) is 0 Å². The molecular formula is C14H26N4. The monoisotopic (exact) mass is 250 g/mol. The van der Waals surface area contributed by atoms with Crippen LogP contribution in [-0.4, -0.2) is 9.55 Å². The van der Waals surface area contributed by atoms with E-state index in [-0.39, 0.29) is 6.04 Å². The maximum atomic E-state index is 5.70. The second kappa shape index (κ2) is 6.90. The molecule has 1 aromatic rings. The fraction of sp³-hybridized carbons (Fsp3) is 0.786. The lowest BCUT2D eigenvalue weighted by Gasteiger charge is -2.24. The molecule has 1 aliphatic carbocycles. The van der Waals surface area contributed by atoms with E-state index in [0.717, 1.165) is 24.7 Å². The molecule has 2 rings (SSSR count). The van der Waals surface area contributed by atoms with Gasteiger partial charge in [0.25, 0.3) is 0 Å². The van der Waals surface area contributed by atoms with Gasteiger partial charge in [-0.25, -0.2) is 10.4 Å². The number of hydrogen-bond donors (Lipinski definition) is 2. The van der Waals surface area contributed by atoms with Crippen LogP contribution in [0.15, 0.2) is 12.4 Å². The molecule has 102 valence electrons. The number of nitrogens with one attached hydrogen (secondary N) is 1. The second-order valence-corrected chi connectivity index (χ2v) is 5.37. The Kier molecular flexibility index (Phi) is 5.20. The average molecular weight is 250 g/mol. The molecular weight excluding hydrogens is 224 g/mol. The van der Waals surface area contributed by atoms with E-state index in [1.165, 1.54) is 38.5 Å². The van der Waals surface area contributed by atoms with Crippen molar-refractivity contribution < 1.29 is 0 Å². The first-order valence-corrected chi connectivity index (χ1v) is 7.32. The molecule has 1 aliphatic rings. The van der Waals surface area contributed by atoms with Crippen molar-refractivity contribution in [1.82, 2.24) is 15.0 Å². The zero-order chi connectivity index (χ0) is 12.8. The van der Waals surface area contributed by atoms with E-state index in [1.54, 1.807) is 0 Å². The van der Waals surface area contributed by atoms with Crippen LogP contribution in [0.5, 0.6) is 0 Å². The van der Waals surface area contributed by atoms with Crippen LogP contribution in [0.25, 0.3) is 0 Å². The Balaban J connectivity index is 1.88. The van der Waals surface area contributed by atoms with Gasteiger partial charge in [-0.05, 0) is 25.7 Å². The van der Waals surface area contributed by atoms with Crippen molar-refractivity contribution in [1.29, 1.82) is 0 Å². The number of aryl methyl sites for hydroxylation is 1. The lowest BCUT2D eigenvalue weighted by molar-refractivity contribution is 0.310. The van der Waals surface area contributed by atoms with Gasteiger partial charge in [0, 0.05) is 18.9 Å². The van der Waals surface area contributed by atoms with Crippen molar-refractivity contribution in [2.45, 2.75) is 64.5 Å². The molecule has 0 aromatic carbocycles. The summed E-state index contributed by atoms with van der Waals surface area (Å²) in [7, 11) is 0. The predicted molar refractivity (Wildman–Crippen MR) is 73.8 cm³/mol. The highest BCUT2D eigenvalue weighted by molar-refractivity contribution is 4.99. The molecule has 4 heteroatoms. The van der Waals surface area contributed by atoms with Crippen LogP contribution in [0.3, 0.4) is 0 Å². The molecule has 1 unspecified atom stereocenters. The van der Waals surface area contributed by atoms with Crippen molar-refractivity contribution in [3.05, 3.63) is 18.2 Å². The third kappa shape index (κ3) is 3.33. The van der Waals surface area contributed by atoms with E-state index in [1.807, 2.05) is 12.4 Å². The molecule has 4 nitrogen and oxygen atoms in total. The van der Waals surface area contributed by atoms with Crippen LogP contribution >= 0.6 is 0 Å². The summed E-state index contributed by atoms with van der Waals surface area (Å²) < 4.78 is 2.17. The zero-order valence-corrected chi connectivity index (χ0v) is 11.4. The lowest BCUT2D eigenvalue weighted by atomic mass is 9.85. The number of hydrogen-bond acceptors (Lipinski definition) is 3. The molecule has 1 fully saturated rings. The Bertz CT molecular complexity index is 341. The minimum atomic E-state index is 0.196. The summed E-state index contributed by atoms with van der Waals surface area (Å²) in [5.74, 6) is 7.68. The smallest absolute Gasteiger partial charge is 0.127 e. The summed E-state index contributed by atoms with van der Waals surface area (Å²) in [4.78, 5) is 4.44. The standard InChI is InChI=1S/C14H26N4/c1-2-18-11-10-16-14(18)13(17-15)9-8-12-6-4-3-5-7-12/h10-13,17H,2-9,15H2,1H3. The Morgan fingerprint density at radius 3 is 2.89 bits per heavy atom. The van der Waals surface area contributed by atoms with Crippen LogP contribution in [0, 0.1) is 5.92 Å². The van der Waals surface area contributed by atoms with Gasteiger partial charge < -0.3 is 4.57 Å². The molecule has 1 aromatic heterocycles. The summed E-state index contributed by atoms with van der Waals surface area (Å²) in [6.45, 7) is 3.09. The van der Waals surface area contributed by atoms with Gasteiger partial charge in [-0.1, -0.05) is 32.1 Å². The molecule has 1 heterocycles. The van der Waals surface area contributed by atoms with E-state index in [0.29, 0.717) is 0 Å². The molecule has 0 spiro atoms. The molecule has 3 N–H and O–H groups in total. The summed E-state index contributed by atoms with van der Waals surface area (Å²) in [6, 6.07) is 0.196. The van der Waals surface area contributed by atoms with Gasteiger partial charge in [-0.15, -0.1) is 0 Å². The molecule has 0 bridgehead atoms. The minimum absolute atomic E-state index is 0.196. The molecule has 1 atom stereocenters. The molecule has 0 saturated heterocycles. The molecule has 0 amide bonds. The Morgan fingerprint density at radius 2 is 2.22 bits per heavy atom. The Hall–Kier alpha value is -0.870. The quantitative estimate of drug-likeness (QED) is 0.603. The first kappa shape index (κ1) is 13.6. The zero-order valence-electron chi connectivity index (χ0n) is 11.4. The highest BCUT2D eigenvalue weighted by Gasteiger charge is 2.19. The van der Waals surface area contributed by atoms with Gasteiger partial charge in [-0.3, -0.25) is 5.84 Å². The Labute approximate surface area is 110 Å². The van der Waals surface area contributed by atoms with Crippen molar-refractivity contribution in [3.63, 3.8) is 0 Å². The second-order valence-electron chi connectivity index (χ2n) is 5.37. The van der Waals surface area contributed by atoms with Gasteiger partial charge in [-0.2, -0.15) is 0 Å². The number of imidazole rings is 1. The average Bonchev–Trinajstić information content (AvgIpc) is 2.89. The van der Waals surface area contributed by atoms with E-state index in [2.05, 4.69) is 21.9 Å². The number of nitrogens with zero attached hydrogens (tertiary/aromatic N) is 2. The summed E-state index contributed by atoms with van der Waals surface area (Å²) in [5.41, 5.74) is 2.94. The Morgan fingerprint density at radius 1 is 1.44 bits per heavy atom. The fourth-order valence-corrected chi connectivity index (χ4v) is 3.06. The molecule has 1 saturated carbocycles. The fourth-order valence-electron chi connectivity index (χ4n) is 3.06. The molecule has 18 heavy (non-hydrogen) atoms. The van der Waals surface area contributed by atoms with Crippen molar-refractivity contribution in [2.75, 3.05) is 0 Å². The van der Waals surface area contributed by atoms with Gasteiger partial charge in [0.2, 0.25) is 0 Å². The minimum Gasteiger partial charge on any atom is -0.334 e. The maximum Gasteiger partial charge on any atom is 0.127 e. The highest BCUT2D eigenvalue weighted by Crippen LogP contribution is 2.29. The van der Waals surface area contributed by atoms with Crippen LogP contribution in [0.2, 0.25) is 0 Å². The number of aromatic nitrogens is 2.